The van der Waals surface area contributed by atoms with Crippen molar-refractivity contribution in [1.82, 2.24) is 0 Å². The Bertz CT molecular complexity index is 935. The lowest BCUT2D eigenvalue weighted by atomic mass is 9.84. The van der Waals surface area contributed by atoms with Gasteiger partial charge in [-0.15, -0.1) is 23.2 Å². The fraction of sp³-hybridized carbons (Fsp3) is 0.333. The Morgan fingerprint density at radius 2 is 1.37 bits per heavy atom. The molecule has 1 saturated carbocycles. The van der Waals surface area contributed by atoms with Gasteiger partial charge < -0.3 is 0 Å². The molecule has 1 aromatic rings. The third-order valence-electron chi connectivity index (χ3n) is 5.23. The van der Waals surface area contributed by atoms with Crippen molar-refractivity contribution in [3.8, 4) is 0 Å². The third-order valence-corrected chi connectivity index (χ3v) is 9.49. The van der Waals surface area contributed by atoms with E-state index in [1.807, 2.05) is 0 Å². The summed E-state index contributed by atoms with van der Waals surface area (Å²) in [5.74, 6) is -4.36. The highest BCUT2D eigenvalue weighted by atomic mass is 35.5. The zero-order valence-corrected chi connectivity index (χ0v) is 17.3. The predicted octanol–water partition coefficient (Wildman–Crippen LogP) is 4.55. The summed E-state index contributed by atoms with van der Waals surface area (Å²) in [5, 5.41) is 10.9. The number of imide groups is 1. The molecule has 0 spiro atoms. The van der Waals surface area contributed by atoms with E-state index in [1.54, 1.807) is 0 Å². The van der Waals surface area contributed by atoms with Gasteiger partial charge in [0.2, 0.25) is 11.8 Å². The van der Waals surface area contributed by atoms with Gasteiger partial charge in [0, 0.05) is 6.07 Å². The Labute approximate surface area is 182 Å². The Hall–Kier alpha value is -0.760. The summed E-state index contributed by atoms with van der Waals surface area (Å²) in [4.78, 5) is 33.7. The van der Waals surface area contributed by atoms with Crippen molar-refractivity contribution in [2.45, 2.75) is 14.1 Å². The van der Waals surface area contributed by atoms with Crippen molar-refractivity contribution in [3.05, 3.63) is 44.4 Å². The first-order valence-electron chi connectivity index (χ1n) is 7.37. The number of nitro groups is 1. The topological polar surface area (TPSA) is 80.5 Å². The van der Waals surface area contributed by atoms with Crippen LogP contribution in [0.4, 0.5) is 11.4 Å². The molecule has 0 aromatic heterocycles. The fourth-order valence-corrected chi connectivity index (χ4v) is 6.97. The van der Waals surface area contributed by atoms with Crippen LogP contribution in [0.15, 0.2) is 34.3 Å². The fourth-order valence-electron chi connectivity index (χ4n) is 4.04. The van der Waals surface area contributed by atoms with Crippen LogP contribution in [0, 0.1) is 22.0 Å². The van der Waals surface area contributed by atoms with Crippen LogP contribution < -0.4 is 4.90 Å². The van der Waals surface area contributed by atoms with E-state index in [2.05, 4.69) is 0 Å². The third kappa shape index (κ3) is 1.92. The number of anilines is 1. The molecule has 3 aliphatic rings. The average Bonchev–Trinajstić information content (AvgIpc) is 2.99. The molecule has 2 aliphatic carbocycles. The highest BCUT2D eigenvalue weighted by Gasteiger charge is 2.87. The van der Waals surface area contributed by atoms with E-state index in [4.69, 9.17) is 69.6 Å². The summed E-state index contributed by atoms with van der Waals surface area (Å²) in [7, 11) is 0. The number of fused-ring (bicyclic) bond motifs is 5. The summed E-state index contributed by atoms with van der Waals surface area (Å²) in [6.45, 7) is 0. The lowest BCUT2D eigenvalue weighted by Gasteiger charge is -2.34. The number of para-hydroxylation sites is 2. The lowest BCUT2D eigenvalue weighted by Crippen LogP contribution is -2.50. The molecule has 2 fully saturated rings. The predicted molar refractivity (Wildman–Crippen MR) is 103 cm³/mol. The molecule has 6 nitrogen and oxygen atoms in total. The van der Waals surface area contributed by atoms with Gasteiger partial charge in [-0.1, -0.05) is 58.5 Å². The normalized spacial score (nSPS) is 36.6. The Balaban J connectivity index is 1.93. The number of benzene rings is 1. The van der Waals surface area contributed by atoms with Crippen LogP contribution in [-0.4, -0.2) is 30.8 Å². The van der Waals surface area contributed by atoms with Crippen LogP contribution >= 0.6 is 69.6 Å². The number of carbonyl (C=O) groups is 2. The molecule has 27 heavy (non-hydrogen) atoms. The molecule has 2 amide bonds. The number of rotatable bonds is 2. The smallest absolute Gasteiger partial charge is 0.274 e. The Morgan fingerprint density at radius 3 is 1.81 bits per heavy atom. The molecular formula is C15H6Cl6N2O4. The average molecular weight is 491 g/mol. The summed E-state index contributed by atoms with van der Waals surface area (Å²) in [6, 6.07) is 5.28. The summed E-state index contributed by atoms with van der Waals surface area (Å²) < 4.78 is -2.05. The zero-order valence-electron chi connectivity index (χ0n) is 12.8. The van der Waals surface area contributed by atoms with E-state index in [1.165, 1.54) is 18.2 Å². The molecule has 1 heterocycles. The van der Waals surface area contributed by atoms with E-state index in [-0.39, 0.29) is 15.8 Å². The second kappa shape index (κ2) is 5.65. The number of hydrogen-bond acceptors (Lipinski definition) is 4. The van der Waals surface area contributed by atoms with Crippen molar-refractivity contribution >= 4 is 92.8 Å². The molecule has 1 saturated heterocycles. The van der Waals surface area contributed by atoms with Gasteiger partial charge in [-0.25, -0.2) is 4.90 Å². The van der Waals surface area contributed by atoms with Crippen LogP contribution in [0.1, 0.15) is 0 Å². The van der Waals surface area contributed by atoms with Gasteiger partial charge in [0.15, 0.2) is 4.33 Å². The largest absolute Gasteiger partial charge is 0.293 e. The molecular weight excluding hydrogens is 485 g/mol. The van der Waals surface area contributed by atoms with Crippen molar-refractivity contribution in [2.75, 3.05) is 4.90 Å². The lowest BCUT2D eigenvalue weighted by molar-refractivity contribution is -0.384. The van der Waals surface area contributed by atoms with E-state index in [9.17, 15) is 19.7 Å². The molecule has 0 unspecified atom stereocenters. The number of allylic oxidation sites excluding steroid dienone is 2. The maximum atomic E-state index is 13.1. The van der Waals surface area contributed by atoms with Crippen molar-refractivity contribution in [1.29, 1.82) is 0 Å². The van der Waals surface area contributed by atoms with E-state index < -0.39 is 48.3 Å². The molecule has 2 bridgehead atoms. The van der Waals surface area contributed by atoms with Gasteiger partial charge in [0.25, 0.3) is 5.69 Å². The first-order chi connectivity index (χ1) is 12.4. The van der Waals surface area contributed by atoms with Gasteiger partial charge in [-0.05, 0) is 6.07 Å². The number of carbonyl (C=O) groups excluding carboxylic acids is 2. The molecule has 4 atom stereocenters. The highest BCUT2D eigenvalue weighted by molar-refractivity contribution is 6.67. The summed E-state index contributed by atoms with van der Waals surface area (Å²) in [5.41, 5.74) is -0.652. The molecule has 1 aromatic carbocycles. The molecule has 1 aliphatic heterocycles. The van der Waals surface area contributed by atoms with Crippen molar-refractivity contribution in [2.24, 2.45) is 11.8 Å². The first-order valence-corrected chi connectivity index (χ1v) is 9.63. The van der Waals surface area contributed by atoms with Gasteiger partial charge in [-0.3, -0.25) is 19.7 Å². The van der Waals surface area contributed by atoms with Crippen LogP contribution in [0.25, 0.3) is 0 Å². The monoisotopic (exact) mass is 488 g/mol. The minimum Gasteiger partial charge on any atom is -0.274 e. The van der Waals surface area contributed by atoms with Gasteiger partial charge in [-0.2, -0.15) is 0 Å². The minimum absolute atomic E-state index is 0.214. The van der Waals surface area contributed by atoms with Crippen LogP contribution in [0.2, 0.25) is 0 Å². The second-order valence-electron chi connectivity index (χ2n) is 6.34. The molecule has 4 rings (SSSR count). The zero-order chi connectivity index (χ0) is 20.1. The van der Waals surface area contributed by atoms with Crippen LogP contribution in [0.3, 0.4) is 0 Å². The van der Waals surface area contributed by atoms with E-state index in [0.29, 0.717) is 4.90 Å². The van der Waals surface area contributed by atoms with Gasteiger partial charge in [0.05, 0.1) is 26.8 Å². The first kappa shape index (κ1) is 19.6. The number of alkyl halides is 4. The van der Waals surface area contributed by atoms with Crippen LogP contribution in [0.5, 0.6) is 0 Å². The number of nitro benzene ring substituents is 1. The summed E-state index contributed by atoms with van der Waals surface area (Å²) in [6.07, 6.45) is 0. The molecule has 0 N–H and O–H groups in total. The van der Waals surface area contributed by atoms with E-state index >= 15 is 0 Å². The Morgan fingerprint density at radius 1 is 0.926 bits per heavy atom. The SMILES string of the molecule is O=C1[C@@H]2[C@@H](C(=O)N1c1ccccc1[N+](=O)[O-])[C@@]1(Cl)C(Cl)=C(Cl)[C@@]2(Cl)C1(Cl)Cl. The van der Waals surface area contributed by atoms with Gasteiger partial charge in [0.1, 0.15) is 15.4 Å². The standard InChI is InChI=1S/C15H6Cl6N2O4/c16-9-10(17)14(19)8-7(13(9,18)15(14,20)21)11(24)22(12(8)25)5-3-1-2-4-6(5)23(26)27/h1-4,7-8H/t7-,8-,13+,14+/m0/s1. The maximum absolute atomic E-state index is 13.1. The van der Waals surface area contributed by atoms with Crippen LogP contribution in [-0.2, 0) is 9.59 Å². The highest BCUT2D eigenvalue weighted by Crippen LogP contribution is 2.77. The number of amides is 2. The molecule has 12 heteroatoms. The van der Waals surface area contributed by atoms with Gasteiger partial charge >= 0.3 is 0 Å². The minimum atomic E-state index is -2.05. The molecule has 142 valence electrons. The maximum Gasteiger partial charge on any atom is 0.293 e. The van der Waals surface area contributed by atoms with Crippen molar-refractivity contribution < 1.29 is 14.5 Å². The number of hydrogen-bond donors (Lipinski definition) is 0. The molecule has 0 radical (unpaired) electrons. The number of nitrogens with zero attached hydrogens (tertiary/aromatic N) is 2. The Kier molecular flexibility index (Phi) is 4.09. The second-order valence-corrected chi connectivity index (χ2v) is 9.61. The van der Waals surface area contributed by atoms with Crippen molar-refractivity contribution in [3.63, 3.8) is 0 Å². The summed E-state index contributed by atoms with van der Waals surface area (Å²) >= 11 is 38.3. The quantitative estimate of drug-likeness (QED) is 0.264. The number of halogens is 6. The van der Waals surface area contributed by atoms with E-state index in [0.717, 1.165) is 6.07 Å².